The Hall–Kier alpha value is -3.82. The summed E-state index contributed by atoms with van der Waals surface area (Å²) in [6, 6.07) is 11.3. The molecule has 1 saturated heterocycles. The first-order valence-corrected chi connectivity index (χ1v) is 19.8. The maximum Gasteiger partial charge on any atom is 0.481 e. The summed E-state index contributed by atoms with van der Waals surface area (Å²) >= 11 is 1.55. The third-order valence-corrected chi connectivity index (χ3v) is 13.2. The van der Waals surface area contributed by atoms with Crippen LogP contribution in [0.3, 0.4) is 0 Å². The lowest BCUT2D eigenvalue weighted by Crippen LogP contribution is -2.65. The quantitative estimate of drug-likeness (QED) is 0.141. The van der Waals surface area contributed by atoms with Gasteiger partial charge >= 0.3 is 13.3 Å². The lowest BCUT2D eigenvalue weighted by Gasteiger charge is -2.64. The highest BCUT2D eigenvalue weighted by Crippen LogP contribution is 2.65. The van der Waals surface area contributed by atoms with Gasteiger partial charge in [-0.25, -0.2) is 4.98 Å². The highest BCUT2D eigenvalue weighted by Gasteiger charge is 2.68. The van der Waals surface area contributed by atoms with Crippen LogP contribution < -0.4 is 21.5 Å². The van der Waals surface area contributed by atoms with E-state index >= 15 is 0 Å². The average molecular weight is 766 g/mol. The number of anilines is 2. The minimum Gasteiger partial charge on any atom is -0.404 e. The number of hydrogen-bond acceptors (Lipinski definition) is 8. The largest absolute Gasteiger partial charge is 0.481 e. The first-order chi connectivity index (χ1) is 25.5. The average Bonchev–Trinajstić information content (AvgIpc) is 3.64. The van der Waals surface area contributed by atoms with Crippen molar-refractivity contribution in [2.75, 3.05) is 16.9 Å². The Balaban J connectivity index is 1.15. The van der Waals surface area contributed by atoms with E-state index in [4.69, 9.17) is 9.31 Å². The molecule has 10 nitrogen and oxygen atoms in total. The molecule has 54 heavy (non-hydrogen) atoms. The molecule has 3 aromatic rings. The van der Waals surface area contributed by atoms with Crippen molar-refractivity contribution >= 4 is 42.1 Å². The molecular formula is C39H47BF3N5O5S. The highest BCUT2D eigenvalue weighted by atomic mass is 32.2. The van der Waals surface area contributed by atoms with E-state index in [9.17, 15) is 27.6 Å². The Labute approximate surface area is 317 Å². The van der Waals surface area contributed by atoms with Gasteiger partial charge < -0.3 is 25.3 Å². The third-order valence-electron chi connectivity index (χ3n) is 12.5. The smallest absolute Gasteiger partial charge is 0.404 e. The van der Waals surface area contributed by atoms with Crippen molar-refractivity contribution in [3.8, 4) is 0 Å². The Bertz CT molecular complexity index is 2010. The number of alkyl halides is 3. The number of rotatable bonds is 11. The molecule has 3 heterocycles. The molecule has 2 amide bonds. The molecule has 8 rings (SSSR count). The maximum atomic E-state index is 14.4. The molecule has 3 saturated carbocycles. The molecule has 5 aliphatic rings. The van der Waals surface area contributed by atoms with Crippen LogP contribution in [0.25, 0.3) is 0 Å². The van der Waals surface area contributed by atoms with E-state index < -0.39 is 53.3 Å². The molecule has 2 bridgehead atoms. The third kappa shape index (κ3) is 6.85. The summed E-state index contributed by atoms with van der Waals surface area (Å²) in [4.78, 5) is 47.8. The van der Waals surface area contributed by atoms with E-state index in [2.05, 4.69) is 41.7 Å². The van der Waals surface area contributed by atoms with Crippen molar-refractivity contribution in [1.82, 2.24) is 14.9 Å². The first-order valence-electron chi connectivity index (χ1n) is 18.6. The number of fused-ring (bicyclic) bond motifs is 1. The number of amides is 2. The van der Waals surface area contributed by atoms with Crippen molar-refractivity contribution in [3.05, 3.63) is 82.0 Å². The summed E-state index contributed by atoms with van der Waals surface area (Å²) in [5.74, 6) is -0.0695. The van der Waals surface area contributed by atoms with Crippen LogP contribution >= 0.6 is 11.8 Å². The number of nitrogens with zero attached hydrogens (tertiary/aromatic N) is 2. The van der Waals surface area contributed by atoms with E-state index in [0.29, 0.717) is 29.5 Å². The lowest BCUT2D eigenvalue weighted by atomic mass is 9.43. The van der Waals surface area contributed by atoms with Gasteiger partial charge in [-0.3, -0.25) is 19.0 Å². The van der Waals surface area contributed by atoms with Crippen LogP contribution in [0, 0.1) is 17.3 Å². The van der Waals surface area contributed by atoms with Crippen molar-refractivity contribution in [2.45, 2.75) is 113 Å². The minimum atomic E-state index is -4.52. The molecule has 0 spiro atoms. The zero-order valence-electron chi connectivity index (χ0n) is 31.4. The van der Waals surface area contributed by atoms with E-state index in [1.165, 1.54) is 22.9 Å². The van der Waals surface area contributed by atoms with Crippen LogP contribution in [-0.4, -0.2) is 52.4 Å². The number of hydrogen-bond donors (Lipinski definition) is 3. The van der Waals surface area contributed by atoms with Gasteiger partial charge in [0.1, 0.15) is 17.6 Å². The monoisotopic (exact) mass is 765 g/mol. The van der Waals surface area contributed by atoms with E-state index in [1.54, 1.807) is 17.8 Å². The number of nitrogens with one attached hydrogen (secondary N) is 3. The van der Waals surface area contributed by atoms with Crippen LogP contribution in [0.4, 0.5) is 24.5 Å². The Kier molecular flexibility index (Phi) is 10.00. The van der Waals surface area contributed by atoms with Gasteiger partial charge in [-0.2, -0.15) is 13.2 Å². The highest BCUT2D eigenvalue weighted by molar-refractivity contribution is 7.98. The van der Waals surface area contributed by atoms with Gasteiger partial charge in [-0.15, -0.1) is 11.8 Å². The van der Waals surface area contributed by atoms with E-state index in [0.717, 1.165) is 29.9 Å². The summed E-state index contributed by atoms with van der Waals surface area (Å²) < 4.78 is 54.7. The number of halogens is 3. The van der Waals surface area contributed by atoms with Crippen molar-refractivity contribution in [2.24, 2.45) is 17.3 Å². The summed E-state index contributed by atoms with van der Waals surface area (Å²) in [5, 5.41) is 9.01. The summed E-state index contributed by atoms with van der Waals surface area (Å²) in [6.07, 6.45) is 1.22. The van der Waals surface area contributed by atoms with Crippen LogP contribution in [-0.2, 0) is 37.0 Å². The second-order valence-corrected chi connectivity index (χ2v) is 17.2. The fourth-order valence-electron chi connectivity index (χ4n) is 9.32. The van der Waals surface area contributed by atoms with Gasteiger partial charge in [0.05, 0.1) is 29.4 Å². The molecule has 7 atom stereocenters. The number of carbonyl (C=O) groups is 2. The van der Waals surface area contributed by atoms with Crippen molar-refractivity contribution in [3.63, 3.8) is 0 Å². The van der Waals surface area contributed by atoms with Crippen molar-refractivity contribution in [1.29, 1.82) is 0 Å². The van der Waals surface area contributed by atoms with E-state index in [1.807, 2.05) is 38.3 Å². The fraction of sp³-hybridized carbons (Fsp3) is 0.538. The molecule has 0 radical (unpaired) electrons. The Morgan fingerprint density at radius 1 is 1.11 bits per heavy atom. The number of aromatic nitrogens is 2. The normalized spacial score (nSPS) is 28.4. The standard InChI is InChI=1S/C39H47BF3N5O5S/c1-7-31(40-52-30-16-24-15-29(36(24,2)3)38(30,5)53-40)47-33(50)28-18-37(4,19-32(49)46-25-12-9-13-26(17-25)54-6)35-45-21-27(34(51)48(28)35)44-20-22-10-8-11-23(14-22)39(41,42)43/h8-14,17,21,24,28-31,44H,7,15-16,18-20H2,1-6H3,(H,46,49)(H,47,50)/t24-,28?,29-,30+,31-,37?,38-/m0/s1. The summed E-state index contributed by atoms with van der Waals surface area (Å²) in [6.45, 7) is 10.4. The molecular weight excluding hydrogens is 718 g/mol. The predicted octanol–water partition coefficient (Wildman–Crippen LogP) is 6.99. The second-order valence-electron chi connectivity index (χ2n) is 16.3. The Morgan fingerprint density at radius 2 is 1.87 bits per heavy atom. The maximum absolute atomic E-state index is 14.4. The number of benzene rings is 2. The van der Waals surface area contributed by atoms with Crippen molar-refractivity contribution < 1.29 is 32.1 Å². The summed E-state index contributed by atoms with van der Waals surface area (Å²) in [5.41, 5.74) is -1.74. The topological polar surface area (TPSA) is 124 Å². The lowest BCUT2D eigenvalue weighted by molar-refractivity contribution is -0.199. The van der Waals surface area contributed by atoms with Crippen LogP contribution in [0.2, 0.25) is 0 Å². The zero-order valence-corrected chi connectivity index (χ0v) is 32.2. The van der Waals surface area contributed by atoms with Gasteiger partial charge in [0.2, 0.25) is 11.8 Å². The summed E-state index contributed by atoms with van der Waals surface area (Å²) in [7, 11) is -0.672. The molecule has 2 aliphatic heterocycles. The van der Waals surface area contributed by atoms with Gasteiger partial charge in [-0.1, -0.05) is 45.9 Å². The number of thioether (sulfide) groups is 1. The van der Waals surface area contributed by atoms with Gasteiger partial charge in [0, 0.05) is 29.0 Å². The van der Waals surface area contributed by atoms with Gasteiger partial charge in [-0.05, 0) is 92.0 Å². The van der Waals surface area contributed by atoms with Gasteiger partial charge in [0.15, 0.2) is 0 Å². The molecule has 288 valence electrons. The number of carbonyl (C=O) groups excluding carboxylic acids is 2. The van der Waals surface area contributed by atoms with Crippen LogP contribution in [0.15, 0.2) is 64.4 Å². The first kappa shape index (κ1) is 38.5. The predicted molar refractivity (Wildman–Crippen MR) is 202 cm³/mol. The molecule has 2 aromatic carbocycles. The fourth-order valence-corrected chi connectivity index (χ4v) is 9.78. The second kappa shape index (κ2) is 14.0. The molecule has 3 aliphatic carbocycles. The van der Waals surface area contributed by atoms with E-state index in [-0.39, 0.29) is 48.3 Å². The molecule has 15 heteroatoms. The van der Waals surface area contributed by atoms with Gasteiger partial charge in [0.25, 0.3) is 5.56 Å². The minimum absolute atomic E-state index is 0.0182. The van der Waals surface area contributed by atoms with Crippen LogP contribution in [0.1, 0.15) is 89.7 Å². The molecule has 1 aromatic heterocycles. The molecule has 2 unspecified atom stereocenters. The molecule has 4 fully saturated rings. The van der Waals surface area contributed by atoms with Crippen LogP contribution in [0.5, 0.6) is 0 Å². The molecule has 3 N–H and O–H groups in total. The SMILES string of the molecule is CC[C@H](NC(=O)C1CC(C)(CC(=O)Nc2cccc(SC)c2)c2ncc(NCc3cccc(C(F)(F)F)c3)c(=O)n21)B1O[C@@H]2C[C@@H]3C[C@@H](C3(C)C)[C@]2(C)O1. The zero-order chi connectivity index (χ0) is 38.8. The Morgan fingerprint density at radius 3 is 2.57 bits per heavy atom.